The zero-order chi connectivity index (χ0) is 31.6. The van der Waals surface area contributed by atoms with Crippen LogP contribution < -0.4 is 14.4 Å². The molecule has 1 aliphatic rings. The lowest BCUT2D eigenvalue weighted by atomic mass is 10.0. The van der Waals surface area contributed by atoms with E-state index in [2.05, 4.69) is 5.32 Å². The summed E-state index contributed by atoms with van der Waals surface area (Å²) in [6, 6.07) is 15.7. The van der Waals surface area contributed by atoms with Crippen molar-refractivity contribution in [3.05, 3.63) is 77.6 Å². The molecule has 44 heavy (non-hydrogen) atoms. The molecular weight excluding hydrogens is 595 g/mol. The second kappa shape index (κ2) is 12.9. The Morgan fingerprint density at radius 2 is 1.80 bits per heavy atom. The van der Waals surface area contributed by atoms with Crippen LogP contribution in [0.1, 0.15) is 28.9 Å². The maximum atomic E-state index is 13.2. The summed E-state index contributed by atoms with van der Waals surface area (Å²) < 4.78 is 64.1. The van der Waals surface area contributed by atoms with Gasteiger partial charge in [0.1, 0.15) is 40.9 Å². The topological polar surface area (TPSA) is 148 Å². The SMILES string of the molecule is CNC(=O)c1c(-c2ccc(Oc3ccc(F)cc3)cc2)oc2cc3c(cc12)C(C)OC(COCC(O)CO)CN3S(C)(=O)=O. The lowest BCUT2D eigenvalue weighted by Crippen LogP contribution is -2.39. The Morgan fingerprint density at radius 1 is 1.14 bits per heavy atom. The van der Waals surface area contributed by atoms with Crippen molar-refractivity contribution in [3.63, 3.8) is 0 Å². The van der Waals surface area contributed by atoms with E-state index in [0.29, 0.717) is 39.3 Å². The summed E-state index contributed by atoms with van der Waals surface area (Å²) in [6.45, 7) is 1.08. The summed E-state index contributed by atoms with van der Waals surface area (Å²) >= 11 is 0. The fourth-order valence-corrected chi connectivity index (χ4v) is 5.99. The van der Waals surface area contributed by atoms with Crippen molar-refractivity contribution in [1.82, 2.24) is 5.32 Å². The molecular formula is C31H33FN2O9S. The van der Waals surface area contributed by atoms with Crippen LogP contribution in [0.4, 0.5) is 10.1 Å². The standard InChI is InChI=1S/C31H33FN2O9S/c1-18-25-12-26-28(13-27(25)34(44(3,38)39)14-24(41-18)17-40-16-21(36)15-35)43-30(29(26)31(37)33-2)19-4-8-22(9-5-19)42-23-10-6-20(32)7-11-23/h4-13,18,21,24,35-36H,14-17H2,1-3H3,(H,33,37). The van der Waals surface area contributed by atoms with Gasteiger partial charge in [-0.1, -0.05) is 0 Å². The van der Waals surface area contributed by atoms with Crippen molar-refractivity contribution < 1.29 is 46.4 Å². The van der Waals surface area contributed by atoms with Crippen molar-refractivity contribution in [3.8, 4) is 22.8 Å². The van der Waals surface area contributed by atoms with Gasteiger partial charge in [-0.15, -0.1) is 0 Å². The van der Waals surface area contributed by atoms with Crippen LogP contribution >= 0.6 is 0 Å². The van der Waals surface area contributed by atoms with Crippen LogP contribution in [-0.4, -0.2) is 76.4 Å². The third-order valence-electron chi connectivity index (χ3n) is 7.16. The maximum absolute atomic E-state index is 13.2. The highest BCUT2D eigenvalue weighted by Gasteiger charge is 2.34. The second-order valence-electron chi connectivity index (χ2n) is 10.4. The Balaban J connectivity index is 1.53. The number of carbonyl (C=O) groups excluding carboxylic acids is 1. The number of furan rings is 1. The third kappa shape index (κ3) is 6.71. The minimum atomic E-state index is -3.79. The predicted octanol–water partition coefficient (Wildman–Crippen LogP) is 3.99. The molecule has 2 heterocycles. The van der Waals surface area contributed by atoms with Crippen LogP contribution in [0.2, 0.25) is 0 Å². The van der Waals surface area contributed by atoms with Crippen molar-refractivity contribution in [2.75, 3.05) is 44.0 Å². The highest BCUT2D eigenvalue weighted by atomic mass is 32.2. The number of hydrogen-bond donors (Lipinski definition) is 3. The molecule has 0 fully saturated rings. The molecule has 11 nitrogen and oxygen atoms in total. The molecule has 0 spiro atoms. The van der Waals surface area contributed by atoms with Gasteiger partial charge in [0.05, 0.1) is 50.0 Å². The highest BCUT2D eigenvalue weighted by molar-refractivity contribution is 7.92. The summed E-state index contributed by atoms with van der Waals surface area (Å²) in [5, 5.41) is 21.8. The van der Waals surface area contributed by atoms with Gasteiger partial charge in [0.2, 0.25) is 10.0 Å². The number of anilines is 1. The first-order valence-electron chi connectivity index (χ1n) is 13.8. The number of ether oxygens (including phenoxy) is 3. The van der Waals surface area contributed by atoms with Crippen molar-refractivity contribution in [2.24, 2.45) is 0 Å². The predicted molar refractivity (Wildman–Crippen MR) is 161 cm³/mol. The zero-order valence-electron chi connectivity index (χ0n) is 24.3. The summed E-state index contributed by atoms with van der Waals surface area (Å²) in [5.41, 5.74) is 2.01. The summed E-state index contributed by atoms with van der Waals surface area (Å²) in [4.78, 5) is 13.2. The fourth-order valence-electron chi connectivity index (χ4n) is 5.04. The molecule has 0 aliphatic carbocycles. The lowest BCUT2D eigenvalue weighted by Gasteiger charge is -2.25. The molecule has 13 heteroatoms. The highest BCUT2D eigenvalue weighted by Crippen LogP contribution is 2.42. The Labute approximate surface area is 253 Å². The van der Waals surface area contributed by atoms with E-state index >= 15 is 0 Å². The number of nitrogens with zero attached hydrogens (tertiary/aromatic N) is 1. The van der Waals surface area contributed by atoms with E-state index in [1.165, 1.54) is 35.6 Å². The second-order valence-corrected chi connectivity index (χ2v) is 12.3. The van der Waals surface area contributed by atoms with Crippen molar-refractivity contribution >= 4 is 32.6 Å². The third-order valence-corrected chi connectivity index (χ3v) is 8.30. The first-order valence-corrected chi connectivity index (χ1v) is 15.7. The number of sulfonamides is 1. The number of hydrogen-bond acceptors (Lipinski definition) is 9. The molecule has 3 atom stereocenters. The van der Waals surface area contributed by atoms with E-state index in [4.69, 9.17) is 23.7 Å². The van der Waals surface area contributed by atoms with Gasteiger partial charge < -0.3 is 34.2 Å². The van der Waals surface area contributed by atoms with E-state index in [1.807, 2.05) is 0 Å². The van der Waals surface area contributed by atoms with Crippen LogP contribution in [0.5, 0.6) is 11.5 Å². The van der Waals surface area contributed by atoms with Gasteiger partial charge >= 0.3 is 0 Å². The zero-order valence-corrected chi connectivity index (χ0v) is 25.1. The average molecular weight is 629 g/mol. The number of halogens is 1. The van der Waals surface area contributed by atoms with Gasteiger partial charge in [0.15, 0.2) is 0 Å². The largest absolute Gasteiger partial charge is 0.457 e. The number of aliphatic hydroxyl groups excluding tert-OH is 2. The number of fused-ring (bicyclic) bond motifs is 2. The average Bonchev–Trinajstić information content (AvgIpc) is 3.31. The Hall–Kier alpha value is -4.01. The molecule has 3 aromatic carbocycles. The number of amides is 1. The summed E-state index contributed by atoms with van der Waals surface area (Å²) in [6.07, 6.45) is -1.27. The molecule has 1 aliphatic heterocycles. The van der Waals surface area contributed by atoms with Crippen LogP contribution in [0, 0.1) is 5.82 Å². The number of benzene rings is 3. The number of nitrogens with one attached hydrogen (secondary N) is 1. The van der Waals surface area contributed by atoms with Gasteiger partial charge in [0.25, 0.3) is 5.91 Å². The number of aliphatic hydroxyl groups is 2. The van der Waals surface area contributed by atoms with Gasteiger partial charge in [-0.3, -0.25) is 9.10 Å². The van der Waals surface area contributed by atoms with Gasteiger partial charge in [-0.05, 0) is 61.5 Å². The summed E-state index contributed by atoms with van der Waals surface area (Å²) in [7, 11) is -2.29. The summed E-state index contributed by atoms with van der Waals surface area (Å²) in [5.74, 6) is 0.450. The monoisotopic (exact) mass is 628 g/mol. The number of rotatable bonds is 10. The van der Waals surface area contributed by atoms with Crippen LogP contribution in [0.15, 0.2) is 65.1 Å². The number of carbonyl (C=O) groups is 1. The Kier molecular flexibility index (Phi) is 9.23. The Bertz CT molecular complexity index is 1740. The van der Waals surface area contributed by atoms with Crippen LogP contribution in [-0.2, 0) is 19.5 Å². The van der Waals surface area contributed by atoms with E-state index in [9.17, 15) is 22.7 Å². The lowest BCUT2D eigenvalue weighted by molar-refractivity contribution is -0.0644. The molecule has 4 aromatic rings. The van der Waals surface area contributed by atoms with Gasteiger partial charge in [-0.25, -0.2) is 12.8 Å². The molecule has 0 saturated heterocycles. The van der Waals surface area contributed by atoms with Crippen molar-refractivity contribution in [1.29, 1.82) is 0 Å². The quantitative estimate of drug-likeness (QED) is 0.237. The maximum Gasteiger partial charge on any atom is 0.255 e. The molecule has 1 aromatic heterocycles. The first-order chi connectivity index (χ1) is 21.0. The van der Waals surface area contributed by atoms with Crippen LogP contribution in [0.25, 0.3) is 22.3 Å². The fraction of sp³-hybridized carbons (Fsp3) is 0.323. The molecule has 3 N–H and O–H groups in total. The normalized spacial score (nSPS) is 17.6. The molecule has 0 saturated carbocycles. The minimum absolute atomic E-state index is 0.0218. The van der Waals surface area contributed by atoms with E-state index < -0.39 is 40.8 Å². The molecule has 3 unspecified atom stereocenters. The molecule has 5 rings (SSSR count). The van der Waals surface area contributed by atoms with Gasteiger partial charge in [0, 0.05) is 29.6 Å². The minimum Gasteiger partial charge on any atom is -0.457 e. The smallest absolute Gasteiger partial charge is 0.255 e. The molecule has 1 amide bonds. The molecule has 234 valence electrons. The molecule has 0 radical (unpaired) electrons. The first kappa shape index (κ1) is 31.4. The Morgan fingerprint density at radius 3 is 2.41 bits per heavy atom. The van der Waals surface area contributed by atoms with E-state index in [1.54, 1.807) is 43.3 Å². The van der Waals surface area contributed by atoms with E-state index in [0.717, 1.165) is 6.26 Å². The van der Waals surface area contributed by atoms with Crippen molar-refractivity contribution in [2.45, 2.75) is 25.2 Å². The molecule has 0 bridgehead atoms. The van der Waals surface area contributed by atoms with E-state index in [-0.39, 0.29) is 36.9 Å². The van der Waals surface area contributed by atoms with Crippen LogP contribution in [0.3, 0.4) is 0 Å². The van der Waals surface area contributed by atoms with Gasteiger partial charge in [-0.2, -0.15) is 0 Å².